The van der Waals surface area contributed by atoms with Crippen molar-refractivity contribution in [2.75, 3.05) is 6.61 Å². The van der Waals surface area contributed by atoms with Gasteiger partial charge in [0.2, 0.25) is 0 Å². The maximum absolute atomic E-state index is 8.48. The molecule has 0 radical (unpaired) electrons. The van der Waals surface area contributed by atoms with Crippen molar-refractivity contribution in [3.63, 3.8) is 0 Å². The van der Waals surface area contributed by atoms with Gasteiger partial charge >= 0.3 is 0 Å². The minimum absolute atomic E-state index is 0.0433. The summed E-state index contributed by atoms with van der Waals surface area (Å²) in [4.78, 5) is 4.52. The zero-order chi connectivity index (χ0) is 15.4. The van der Waals surface area contributed by atoms with Gasteiger partial charge in [-0.1, -0.05) is 35.9 Å². The van der Waals surface area contributed by atoms with Crippen LogP contribution in [0.5, 0.6) is 5.75 Å². The normalized spacial score (nSPS) is 11.4. The first kappa shape index (κ1) is 14.6. The number of ether oxygens (including phenoxy) is 1. The van der Waals surface area contributed by atoms with E-state index >= 15 is 0 Å². The van der Waals surface area contributed by atoms with Gasteiger partial charge in [0.05, 0.1) is 15.2 Å². The van der Waals surface area contributed by atoms with Crippen molar-refractivity contribution in [3.8, 4) is 11.8 Å². The smallest absolute Gasteiger partial charge is 0.174 e. The molecular formula is C17H11ClN2OS. The van der Waals surface area contributed by atoms with Gasteiger partial charge in [-0.2, -0.15) is 5.26 Å². The summed E-state index contributed by atoms with van der Waals surface area (Å²) in [6.07, 6.45) is 1.87. The standard InChI is InChI=1S/C17H11ClN2OS/c18-14(17-20-15-3-1-2-4-16(15)22-17)11-12-5-7-13(8-6-12)21-10-9-19/h1-8,11H,10H2/b14-11-. The molecule has 0 atom stereocenters. The Hall–Kier alpha value is -2.35. The number of nitriles is 1. The molecule has 0 N–H and O–H groups in total. The van der Waals surface area contributed by atoms with Crippen LogP contribution >= 0.6 is 22.9 Å². The fourth-order valence-electron chi connectivity index (χ4n) is 1.96. The average Bonchev–Trinajstić information content (AvgIpc) is 2.98. The van der Waals surface area contributed by atoms with E-state index in [9.17, 15) is 0 Å². The number of aromatic nitrogens is 1. The first-order valence-corrected chi connectivity index (χ1v) is 7.78. The highest BCUT2D eigenvalue weighted by molar-refractivity contribution is 7.20. The third-order valence-corrected chi connectivity index (χ3v) is 4.44. The quantitative estimate of drug-likeness (QED) is 0.682. The predicted octanol–water partition coefficient (Wildman–Crippen LogP) is 4.94. The van der Waals surface area contributed by atoms with E-state index in [1.165, 1.54) is 0 Å². The SMILES string of the molecule is N#CCOc1ccc(/C=C(\Cl)c2nc3ccccc3s2)cc1. The molecule has 1 aromatic heterocycles. The van der Waals surface area contributed by atoms with Crippen LogP contribution < -0.4 is 4.74 Å². The summed E-state index contributed by atoms with van der Waals surface area (Å²) < 4.78 is 6.33. The van der Waals surface area contributed by atoms with Gasteiger partial charge in [-0.15, -0.1) is 11.3 Å². The van der Waals surface area contributed by atoms with Gasteiger partial charge in [0.15, 0.2) is 6.61 Å². The van der Waals surface area contributed by atoms with Crippen LogP contribution in [-0.2, 0) is 0 Å². The third-order valence-electron chi connectivity index (χ3n) is 2.98. The van der Waals surface area contributed by atoms with E-state index in [-0.39, 0.29) is 6.61 Å². The number of halogens is 1. The summed E-state index contributed by atoms with van der Waals surface area (Å²) in [6, 6.07) is 17.3. The molecule has 0 fully saturated rings. The van der Waals surface area contributed by atoms with Gasteiger partial charge in [-0.3, -0.25) is 0 Å². The van der Waals surface area contributed by atoms with Crippen LogP contribution in [0.3, 0.4) is 0 Å². The van der Waals surface area contributed by atoms with Crippen LogP contribution in [0.2, 0.25) is 0 Å². The molecule has 0 spiro atoms. The second-order valence-corrected chi connectivity index (χ2v) is 5.93. The molecule has 0 bridgehead atoms. The van der Waals surface area contributed by atoms with Crippen LogP contribution in [0.15, 0.2) is 48.5 Å². The van der Waals surface area contributed by atoms with Crippen molar-refractivity contribution in [3.05, 3.63) is 59.1 Å². The van der Waals surface area contributed by atoms with E-state index in [1.807, 2.05) is 60.7 Å². The number of nitrogens with zero attached hydrogens (tertiary/aromatic N) is 2. The first-order valence-electron chi connectivity index (χ1n) is 6.59. The van der Waals surface area contributed by atoms with E-state index in [1.54, 1.807) is 11.3 Å². The topological polar surface area (TPSA) is 45.9 Å². The van der Waals surface area contributed by atoms with Gasteiger partial charge in [0.1, 0.15) is 16.8 Å². The molecule has 0 unspecified atom stereocenters. The zero-order valence-electron chi connectivity index (χ0n) is 11.5. The number of hydrogen-bond acceptors (Lipinski definition) is 4. The van der Waals surface area contributed by atoms with Gasteiger partial charge < -0.3 is 4.74 Å². The molecule has 3 rings (SSSR count). The molecule has 5 heteroatoms. The first-order chi connectivity index (χ1) is 10.8. The number of fused-ring (bicyclic) bond motifs is 1. The van der Waals surface area contributed by atoms with E-state index in [2.05, 4.69) is 4.98 Å². The van der Waals surface area contributed by atoms with E-state index in [0.717, 1.165) is 20.8 Å². The molecular weight excluding hydrogens is 316 g/mol. The highest BCUT2D eigenvalue weighted by Crippen LogP contribution is 2.30. The Morgan fingerprint density at radius 2 is 2.00 bits per heavy atom. The van der Waals surface area contributed by atoms with Crippen molar-refractivity contribution in [2.45, 2.75) is 0 Å². The molecule has 0 saturated heterocycles. The second-order valence-electron chi connectivity index (χ2n) is 4.49. The lowest BCUT2D eigenvalue weighted by molar-refractivity contribution is 0.368. The number of hydrogen-bond donors (Lipinski definition) is 0. The van der Waals surface area contributed by atoms with E-state index in [4.69, 9.17) is 21.6 Å². The largest absolute Gasteiger partial charge is 0.479 e. The predicted molar refractivity (Wildman–Crippen MR) is 90.9 cm³/mol. The lowest BCUT2D eigenvalue weighted by Gasteiger charge is -2.01. The van der Waals surface area contributed by atoms with Gasteiger partial charge in [-0.25, -0.2) is 4.98 Å². The fourth-order valence-corrected chi connectivity index (χ4v) is 3.12. The van der Waals surface area contributed by atoms with Crippen molar-refractivity contribution >= 4 is 44.3 Å². The minimum atomic E-state index is 0.0433. The summed E-state index contributed by atoms with van der Waals surface area (Å²) in [5.74, 6) is 0.662. The van der Waals surface area contributed by atoms with Crippen LogP contribution in [-0.4, -0.2) is 11.6 Å². The molecule has 22 heavy (non-hydrogen) atoms. The Morgan fingerprint density at radius 1 is 1.23 bits per heavy atom. The maximum atomic E-state index is 8.48. The zero-order valence-corrected chi connectivity index (χ0v) is 13.1. The number of rotatable bonds is 4. The molecule has 0 saturated carbocycles. The molecule has 1 heterocycles. The fraction of sp³-hybridized carbons (Fsp3) is 0.0588. The Bertz CT molecular complexity index is 829. The molecule has 0 amide bonds. The molecule has 108 valence electrons. The lowest BCUT2D eigenvalue weighted by atomic mass is 10.2. The van der Waals surface area contributed by atoms with Crippen molar-refractivity contribution in [1.29, 1.82) is 5.26 Å². The summed E-state index contributed by atoms with van der Waals surface area (Å²) in [5.41, 5.74) is 1.91. The molecule has 0 aliphatic rings. The van der Waals surface area contributed by atoms with Gasteiger partial charge in [0.25, 0.3) is 0 Å². The highest BCUT2D eigenvalue weighted by atomic mass is 35.5. The van der Waals surface area contributed by atoms with Crippen LogP contribution in [0, 0.1) is 11.3 Å². The van der Waals surface area contributed by atoms with Crippen LogP contribution in [0.1, 0.15) is 10.6 Å². The third kappa shape index (κ3) is 3.28. The van der Waals surface area contributed by atoms with Crippen LogP contribution in [0.25, 0.3) is 21.3 Å². The van der Waals surface area contributed by atoms with Gasteiger partial charge in [0, 0.05) is 0 Å². The summed E-state index contributed by atoms with van der Waals surface area (Å²) >= 11 is 7.94. The summed E-state index contributed by atoms with van der Waals surface area (Å²) in [7, 11) is 0. The Labute approximate surface area is 137 Å². The van der Waals surface area contributed by atoms with E-state index < -0.39 is 0 Å². The Balaban J connectivity index is 1.83. The molecule has 0 aliphatic heterocycles. The maximum Gasteiger partial charge on any atom is 0.174 e. The monoisotopic (exact) mass is 326 g/mol. The molecule has 3 aromatic rings. The second kappa shape index (κ2) is 6.61. The number of thiazole rings is 1. The van der Waals surface area contributed by atoms with Crippen molar-refractivity contribution in [1.82, 2.24) is 4.98 Å². The highest BCUT2D eigenvalue weighted by Gasteiger charge is 2.06. The minimum Gasteiger partial charge on any atom is -0.479 e. The molecule has 3 nitrogen and oxygen atoms in total. The summed E-state index contributed by atoms with van der Waals surface area (Å²) in [5, 5.41) is 9.88. The average molecular weight is 327 g/mol. The number of para-hydroxylation sites is 1. The lowest BCUT2D eigenvalue weighted by Crippen LogP contribution is -1.92. The molecule has 0 aliphatic carbocycles. The van der Waals surface area contributed by atoms with Crippen LogP contribution in [0.4, 0.5) is 0 Å². The van der Waals surface area contributed by atoms with Gasteiger partial charge in [-0.05, 0) is 35.9 Å². The summed E-state index contributed by atoms with van der Waals surface area (Å²) in [6.45, 7) is 0.0433. The van der Waals surface area contributed by atoms with Crippen molar-refractivity contribution in [2.24, 2.45) is 0 Å². The number of benzene rings is 2. The van der Waals surface area contributed by atoms with E-state index in [0.29, 0.717) is 10.8 Å². The Kier molecular flexibility index (Phi) is 4.38. The molecule has 2 aromatic carbocycles. The Morgan fingerprint density at radius 3 is 2.73 bits per heavy atom. The van der Waals surface area contributed by atoms with Crippen molar-refractivity contribution < 1.29 is 4.74 Å².